The first-order chi connectivity index (χ1) is 10.1. The van der Waals surface area contributed by atoms with Crippen molar-refractivity contribution >= 4 is 7.82 Å². The first-order valence-corrected chi connectivity index (χ1v) is 8.04. The second-order valence-corrected chi connectivity index (χ2v) is 4.94. The van der Waals surface area contributed by atoms with Crippen LogP contribution in [-0.4, -0.2) is 78.1 Å². The van der Waals surface area contributed by atoms with Gasteiger partial charge in [-0.2, -0.15) is 0 Å². The van der Waals surface area contributed by atoms with Crippen molar-refractivity contribution in [3.63, 3.8) is 0 Å². The summed E-state index contributed by atoms with van der Waals surface area (Å²) in [6.45, 7) is 3.53. The Balaban J connectivity index is 0. The zero-order chi connectivity index (χ0) is 15.8. The summed E-state index contributed by atoms with van der Waals surface area (Å²) in [7, 11) is -3.03. The molecule has 0 bridgehead atoms. The molecule has 11 heteroatoms. The molecule has 0 radical (unpaired) electrons. The normalized spacial score (nSPS) is 13.6. The van der Waals surface area contributed by atoms with Gasteiger partial charge in [0.15, 0.2) is 0 Å². The third kappa shape index (κ3) is 23.2. The summed E-state index contributed by atoms with van der Waals surface area (Å²) >= 11 is 0. The average Bonchev–Trinajstić information content (AvgIpc) is 2.42. The van der Waals surface area contributed by atoms with Crippen molar-refractivity contribution in [2.24, 2.45) is 0 Å². The third-order valence-corrected chi connectivity index (χ3v) is 2.54. The van der Waals surface area contributed by atoms with E-state index in [1.54, 1.807) is 7.11 Å². The van der Waals surface area contributed by atoms with Crippen LogP contribution in [0.1, 0.15) is 0 Å². The van der Waals surface area contributed by atoms with E-state index in [9.17, 15) is 9.46 Å². The molecular formula is C11H24NaO9P. The van der Waals surface area contributed by atoms with E-state index < -0.39 is 7.82 Å². The quantitative estimate of drug-likeness (QED) is 0.169. The fourth-order valence-electron chi connectivity index (χ4n) is 1.12. The minimum atomic E-state index is -4.65. The monoisotopic (exact) mass is 354 g/mol. The molecule has 0 aliphatic carbocycles. The van der Waals surface area contributed by atoms with E-state index >= 15 is 0 Å². The molecule has 1 atom stereocenters. The van der Waals surface area contributed by atoms with Crippen LogP contribution in [0.2, 0.25) is 0 Å². The van der Waals surface area contributed by atoms with Crippen molar-refractivity contribution in [1.29, 1.82) is 0 Å². The number of rotatable bonds is 16. The van der Waals surface area contributed by atoms with Crippen molar-refractivity contribution in [3.05, 3.63) is 0 Å². The third-order valence-electron chi connectivity index (χ3n) is 2.03. The van der Waals surface area contributed by atoms with E-state index in [0.717, 1.165) is 0 Å². The Hall–Kier alpha value is 0.910. The van der Waals surface area contributed by atoms with E-state index in [1.165, 1.54) is 0 Å². The number of phosphoric ester groups is 1. The van der Waals surface area contributed by atoms with Crippen molar-refractivity contribution in [3.8, 4) is 0 Å². The Morgan fingerprint density at radius 2 is 1.09 bits per heavy atom. The van der Waals surface area contributed by atoms with Gasteiger partial charge < -0.3 is 38.0 Å². The largest absolute Gasteiger partial charge is 1.00 e. The van der Waals surface area contributed by atoms with Crippen LogP contribution in [-0.2, 0) is 32.8 Å². The van der Waals surface area contributed by atoms with Crippen molar-refractivity contribution in [2.45, 2.75) is 0 Å². The molecule has 0 aliphatic heterocycles. The summed E-state index contributed by atoms with van der Waals surface area (Å²) in [6.07, 6.45) is 0. The second-order valence-electron chi connectivity index (χ2n) is 3.74. The molecule has 1 unspecified atom stereocenters. The van der Waals surface area contributed by atoms with Gasteiger partial charge in [-0.1, -0.05) is 0 Å². The Bertz CT molecular complexity index is 264. The minimum Gasteiger partial charge on any atom is -0.756 e. The van der Waals surface area contributed by atoms with Crippen LogP contribution in [0.15, 0.2) is 0 Å². The van der Waals surface area contributed by atoms with E-state index in [2.05, 4.69) is 4.52 Å². The molecule has 128 valence electrons. The van der Waals surface area contributed by atoms with Gasteiger partial charge in [0.1, 0.15) is 0 Å². The maximum atomic E-state index is 10.2. The van der Waals surface area contributed by atoms with Crippen molar-refractivity contribution in [1.82, 2.24) is 0 Å². The maximum Gasteiger partial charge on any atom is 1.00 e. The first-order valence-electron chi connectivity index (χ1n) is 6.54. The molecule has 1 N–H and O–H groups in total. The molecule has 0 saturated heterocycles. The molecule has 0 aromatic rings. The van der Waals surface area contributed by atoms with Crippen LogP contribution in [0.25, 0.3) is 0 Å². The minimum absolute atomic E-state index is 0. The SMILES string of the molecule is COCCOCCOCCOCCOCCOP(=O)([O-])O.[Na+]. The van der Waals surface area contributed by atoms with E-state index in [-0.39, 0.29) is 42.8 Å². The van der Waals surface area contributed by atoms with Crippen LogP contribution >= 0.6 is 7.82 Å². The molecule has 0 rings (SSSR count). The first kappa shape index (κ1) is 25.2. The summed E-state index contributed by atoms with van der Waals surface area (Å²) < 4.78 is 39.8. The molecular weight excluding hydrogens is 330 g/mol. The average molecular weight is 354 g/mol. The van der Waals surface area contributed by atoms with E-state index in [4.69, 9.17) is 28.6 Å². The zero-order valence-electron chi connectivity index (χ0n) is 13.2. The number of hydrogen-bond acceptors (Lipinski definition) is 8. The van der Waals surface area contributed by atoms with Gasteiger partial charge >= 0.3 is 29.6 Å². The van der Waals surface area contributed by atoms with Gasteiger partial charge in [-0.3, -0.25) is 4.57 Å². The Kier molecular flexibility index (Phi) is 20.9. The van der Waals surface area contributed by atoms with Crippen LogP contribution in [0, 0.1) is 0 Å². The van der Waals surface area contributed by atoms with Gasteiger partial charge in [0.05, 0.1) is 66.1 Å². The molecule has 0 aromatic heterocycles. The molecule has 0 spiro atoms. The smallest absolute Gasteiger partial charge is 0.756 e. The van der Waals surface area contributed by atoms with Gasteiger partial charge in [0, 0.05) is 7.11 Å². The number of phosphoric acid groups is 1. The van der Waals surface area contributed by atoms with E-state index in [1.807, 2.05) is 0 Å². The molecule has 0 saturated carbocycles. The Labute approximate surface area is 153 Å². The van der Waals surface area contributed by atoms with Gasteiger partial charge in [0.25, 0.3) is 7.82 Å². The van der Waals surface area contributed by atoms with Crippen molar-refractivity contribution < 1.29 is 72.1 Å². The fourth-order valence-corrected chi connectivity index (χ4v) is 1.42. The van der Waals surface area contributed by atoms with Crippen molar-refractivity contribution in [2.75, 3.05) is 73.2 Å². The van der Waals surface area contributed by atoms with Gasteiger partial charge in [-0.25, -0.2) is 0 Å². The Morgan fingerprint density at radius 3 is 1.41 bits per heavy atom. The number of ether oxygens (including phenoxy) is 5. The standard InChI is InChI=1S/C11H25O9P.Na/c1-15-2-3-16-4-5-17-6-7-18-8-9-19-10-11-20-21(12,13)14;/h2-11H2,1H3,(H2,12,13,14);/q;+1/p-1. The maximum absolute atomic E-state index is 10.2. The number of methoxy groups -OCH3 is 1. The number of hydrogen-bond donors (Lipinski definition) is 1. The summed E-state index contributed by atoms with van der Waals surface area (Å²) in [4.78, 5) is 18.5. The molecule has 0 aliphatic rings. The summed E-state index contributed by atoms with van der Waals surface area (Å²) in [5.41, 5.74) is 0. The molecule has 0 fully saturated rings. The van der Waals surface area contributed by atoms with Gasteiger partial charge in [-0.05, 0) is 0 Å². The van der Waals surface area contributed by atoms with Crippen LogP contribution < -0.4 is 34.5 Å². The summed E-state index contributed by atoms with van der Waals surface area (Å²) in [5.74, 6) is 0. The molecule has 9 nitrogen and oxygen atoms in total. The fraction of sp³-hybridized carbons (Fsp3) is 1.00. The van der Waals surface area contributed by atoms with Gasteiger partial charge in [-0.15, -0.1) is 0 Å². The summed E-state index contributed by atoms with van der Waals surface area (Å²) in [5, 5.41) is 0. The molecule has 0 heterocycles. The predicted molar refractivity (Wildman–Crippen MR) is 70.9 cm³/mol. The van der Waals surface area contributed by atoms with E-state index in [0.29, 0.717) is 52.9 Å². The van der Waals surface area contributed by atoms with Crippen LogP contribution in [0.5, 0.6) is 0 Å². The zero-order valence-corrected chi connectivity index (χ0v) is 16.1. The molecule has 0 amide bonds. The van der Waals surface area contributed by atoms with Gasteiger partial charge in [0.2, 0.25) is 0 Å². The summed E-state index contributed by atoms with van der Waals surface area (Å²) in [6, 6.07) is 0. The molecule has 0 aromatic carbocycles. The Morgan fingerprint density at radius 1 is 0.773 bits per heavy atom. The predicted octanol–water partition coefficient (Wildman–Crippen LogP) is -3.82. The van der Waals surface area contributed by atoms with Crippen LogP contribution in [0.4, 0.5) is 0 Å². The topological polar surface area (TPSA) is 116 Å². The van der Waals surface area contributed by atoms with Crippen LogP contribution in [0.3, 0.4) is 0 Å². The second kappa shape index (κ2) is 18.3. The molecule has 22 heavy (non-hydrogen) atoms.